The zero-order valence-corrected chi connectivity index (χ0v) is 17.6. The zero-order valence-electron chi connectivity index (χ0n) is 17.6. The van der Waals surface area contributed by atoms with Gasteiger partial charge in [-0.25, -0.2) is 0 Å². The molecule has 28 heavy (non-hydrogen) atoms. The minimum atomic E-state index is -0.407. The third kappa shape index (κ3) is 6.23. The Labute approximate surface area is 168 Å². The number of ether oxygens (including phenoxy) is 2. The summed E-state index contributed by atoms with van der Waals surface area (Å²) in [6, 6.07) is 8.09. The molecule has 1 aliphatic rings. The van der Waals surface area contributed by atoms with Gasteiger partial charge < -0.3 is 20.1 Å². The van der Waals surface area contributed by atoms with Crippen molar-refractivity contribution >= 4 is 11.8 Å². The molecule has 0 spiro atoms. The summed E-state index contributed by atoms with van der Waals surface area (Å²) in [4.78, 5) is 24.2. The third-order valence-corrected chi connectivity index (χ3v) is 5.32. The van der Waals surface area contributed by atoms with Crippen molar-refractivity contribution in [1.29, 1.82) is 0 Å². The summed E-state index contributed by atoms with van der Waals surface area (Å²) < 4.78 is 10.8. The van der Waals surface area contributed by atoms with Crippen LogP contribution >= 0.6 is 0 Å². The Morgan fingerprint density at radius 3 is 2.32 bits per heavy atom. The largest absolute Gasteiger partial charge is 0.497 e. The van der Waals surface area contributed by atoms with Gasteiger partial charge in [-0.1, -0.05) is 32.9 Å². The van der Waals surface area contributed by atoms with Crippen LogP contribution in [0.4, 0.5) is 0 Å². The number of benzene rings is 1. The highest BCUT2D eigenvalue weighted by atomic mass is 16.5. The number of rotatable bonds is 8. The van der Waals surface area contributed by atoms with Gasteiger partial charge in [0.05, 0.1) is 7.11 Å². The number of carbonyl (C=O) groups excluding carboxylic acids is 2. The summed E-state index contributed by atoms with van der Waals surface area (Å²) in [5, 5.41) is 5.98. The Bertz CT molecular complexity index is 643. The highest BCUT2D eigenvalue weighted by Crippen LogP contribution is 2.35. The van der Waals surface area contributed by atoms with Gasteiger partial charge in [-0.05, 0) is 37.0 Å². The lowest BCUT2D eigenvalue weighted by molar-refractivity contribution is -0.128. The van der Waals surface area contributed by atoms with E-state index >= 15 is 0 Å². The Kier molecular flexibility index (Phi) is 7.87. The van der Waals surface area contributed by atoms with E-state index in [0.29, 0.717) is 39.1 Å². The van der Waals surface area contributed by atoms with E-state index in [0.717, 1.165) is 18.6 Å². The molecule has 1 aromatic carbocycles. The Morgan fingerprint density at radius 1 is 1.11 bits per heavy atom. The summed E-state index contributed by atoms with van der Waals surface area (Å²) in [7, 11) is 1.66. The van der Waals surface area contributed by atoms with E-state index in [1.54, 1.807) is 7.11 Å². The van der Waals surface area contributed by atoms with Crippen molar-refractivity contribution in [3.8, 4) is 5.75 Å². The van der Waals surface area contributed by atoms with Crippen LogP contribution in [0.15, 0.2) is 24.3 Å². The van der Waals surface area contributed by atoms with Gasteiger partial charge in [0.1, 0.15) is 5.75 Å². The lowest BCUT2D eigenvalue weighted by Gasteiger charge is -2.38. The Balaban J connectivity index is 1.86. The molecule has 2 N–H and O–H groups in total. The molecule has 1 heterocycles. The number of hydrogen-bond acceptors (Lipinski definition) is 4. The highest BCUT2D eigenvalue weighted by Gasteiger charge is 2.34. The number of hydrogen-bond donors (Lipinski definition) is 2. The van der Waals surface area contributed by atoms with Gasteiger partial charge in [0, 0.05) is 43.6 Å². The van der Waals surface area contributed by atoms with Crippen molar-refractivity contribution in [1.82, 2.24) is 10.6 Å². The van der Waals surface area contributed by atoms with Crippen molar-refractivity contribution in [3.05, 3.63) is 29.8 Å². The maximum absolute atomic E-state index is 12.3. The van der Waals surface area contributed by atoms with Crippen LogP contribution in [0.2, 0.25) is 0 Å². The molecule has 1 fully saturated rings. The predicted octanol–water partition coefficient (Wildman–Crippen LogP) is 2.80. The van der Waals surface area contributed by atoms with Gasteiger partial charge in [0.2, 0.25) is 11.8 Å². The van der Waals surface area contributed by atoms with E-state index in [9.17, 15) is 9.59 Å². The smallest absolute Gasteiger partial charge is 0.225 e. The molecule has 2 rings (SSSR count). The van der Waals surface area contributed by atoms with Crippen molar-refractivity contribution < 1.29 is 19.1 Å². The molecule has 156 valence electrons. The molecule has 6 heteroatoms. The van der Waals surface area contributed by atoms with Gasteiger partial charge in [-0.2, -0.15) is 0 Å². The predicted molar refractivity (Wildman–Crippen MR) is 109 cm³/mol. The second-order valence-corrected chi connectivity index (χ2v) is 8.51. The van der Waals surface area contributed by atoms with E-state index in [2.05, 4.69) is 22.8 Å². The summed E-state index contributed by atoms with van der Waals surface area (Å²) in [5.74, 6) is 0.852. The summed E-state index contributed by atoms with van der Waals surface area (Å²) in [5.41, 5.74) is 0.686. The van der Waals surface area contributed by atoms with E-state index in [1.807, 2.05) is 32.9 Å². The van der Waals surface area contributed by atoms with Gasteiger partial charge in [0.25, 0.3) is 0 Å². The van der Waals surface area contributed by atoms with E-state index in [1.165, 1.54) is 5.56 Å². The fraction of sp³-hybridized carbons (Fsp3) is 0.636. The lowest BCUT2D eigenvalue weighted by atomic mass is 9.74. The molecule has 0 aromatic heterocycles. The molecule has 1 aromatic rings. The summed E-state index contributed by atoms with van der Waals surface area (Å²) in [6.07, 6.45) is 2.79. The first-order chi connectivity index (χ1) is 13.3. The SMILES string of the molecule is COc1ccc(C2(CNC(=O)CCCNC(=O)C(C)(C)C)CCOCC2)cc1. The average molecular weight is 391 g/mol. The van der Waals surface area contributed by atoms with Crippen LogP contribution in [0.5, 0.6) is 5.75 Å². The van der Waals surface area contributed by atoms with Crippen LogP contribution in [-0.2, 0) is 19.7 Å². The molecule has 2 amide bonds. The second-order valence-electron chi connectivity index (χ2n) is 8.51. The van der Waals surface area contributed by atoms with Crippen LogP contribution in [0.1, 0.15) is 52.0 Å². The quantitative estimate of drug-likeness (QED) is 0.669. The second kappa shape index (κ2) is 9.92. The first-order valence-electron chi connectivity index (χ1n) is 10.0. The number of amides is 2. The minimum absolute atomic E-state index is 0.00794. The van der Waals surface area contributed by atoms with Crippen molar-refractivity contribution in [3.63, 3.8) is 0 Å². The van der Waals surface area contributed by atoms with Crippen LogP contribution in [-0.4, -0.2) is 45.2 Å². The summed E-state index contributed by atoms with van der Waals surface area (Å²) >= 11 is 0. The first-order valence-corrected chi connectivity index (χ1v) is 10.0. The van der Waals surface area contributed by atoms with Gasteiger partial charge in [-0.3, -0.25) is 9.59 Å². The minimum Gasteiger partial charge on any atom is -0.497 e. The number of methoxy groups -OCH3 is 1. The fourth-order valence-electron chi connectivity index (χ4n) is 3.35. The topological polar surface area (TPSA) is 76.7 Å². The average Bonchev–Trinajstić information content (AvgIpc) is 2.69. The zero-order chi connectivity index (χ0) is 20.6. The molecule has 0 aliphatic carbocycles. The Morgan fingerprint density at radius 2 is 1.75 bits per heavy atom. The monoisotopic (exact) mass is 390 g/mol. The van der Waals surface area contributed by atoms with Gasteiger partial charge in [-0.15, -0.1) is 0 Å². The molecule has 1 saturated heterocycles. The van der Waals surface area contributed by atoms with E-state index < -0.39 is 5.41 Å². The van der Waals surface area contributed by atoms with E-state index in [-0.39, 0.29) is 17.2 Å². The molecular formula is C22H34N2O4. The maximum Gasteiger partial charge on any atom is 0.225 e. The maximum atomic E-state index is 12.3. The molecule has 0 radical (unpaired) electrons. The molecule has 0 bridgehead atoms. The van der Waals surface area contributed by atoms with Crippen molar-refractivity contribution in [2.45, 2.75) is 51.9 Å². The molecule has 0 unspecified atom stereocenters. The lowest BCUT2D eigenvalue weighted by Crippen LogP contribution is -2.44. The number of carbonyl (C=O) groups is 2. The molecule has 6 nitrogen and oxygen atoms in total. The van der Waals surface area contributed by atoms with Crippen LogP contribution in [0.3, 0.4) is 0 Å². The molecule has 0 saturated carbocycles. The van der Waals surface area contributed by atoms with E-state index in [4.69, 9.17) is 9.47 Å². The van der Waals surface area contributed by atoms with Crippen molar-refractivity contribution in [2.24, 2.45) is 5.41 Å². The molecular weight excluding hydrogens is 356 g/mol. The standard InChI is InChI=1S/C22H34N2O4/c1-21(2,3)20(26)23-13-5-6-19(25)24-16-22(11-14-28-15-12-22)17-7-9-18(27-4)10-8-17/h7-10H,5-6,11-16H2,1-4H3,(H,23,26)(H,24,25). The number of nitrogens with one attached hydrogen (secondary N) is 2. The van der Waals surface area contributed by atoms with Gasteiger partial charge >= 0.3 is 0 Å². The Hall–Kier alpha value is -2.08. The molecule has 0 atom stereocenters. The first kappa shape index (κ1) is 22.2. The van der Waals surface area contributed by atoms with Crippen LogP contribution in [0.25, 0.3) is 0 Å². The normalized spacial score (nSPS) is 16.3. The fourth-order valence-corrected chi connectivity index (χ4v) is 3.35. The van der Waals surface area contributed by atoms with Crippen LogP contribution < -0.4 is 15.4 Å². The summed E-state index contributed by atoms with van der Waals surface area (Å²) in [6.45, 7) is 8.13. The third-order valence-electron chi connectivity index (χ3n) is 5.32. The van der Waals surface area contributed by atoms with Gasteiger partial charge in [0.15, 0.2) is 0 Å². The van der Waals surface area contributed by atoms with Crippen LogP contribution in [0, 0.1) is 5.41 Å². The molecule has 1 aliphatic heterocycles. The van der Waals surface area contributed by atoms with Crippen molar-refractivity contribution in [2.75, 3.05) is 33.4 Å². The highest BCUT2D eigenvalue weighted by molar-refractivity contribution is 5.81.